The Balaban J connectivity index is 0.00000289. The molecule has 3 aromatic rings. The van der Waals surface area contributed by atoms with Gasteiger partial charge in [-0.1, -0.05) is 64.1 Å². The Kier molecular flexibility index (Phi) is 6.39. The number of ether oxygens (including phenoxy) is 1. The number of ketones is 2. The van der Waals surface area contributed by atoms with Crippen molar-refractivity contribution >= 4 is 11.6 Å². The highest BCUT2D eigenvalue weighted by Crippen LogP contribution is 2.46. The van der Waals surface area contributed by atoms with E-state index in [9.17, 15) is 9.59 Å². The molecule has 0 aliphatic heterocycles. The number of halogens is 1. The SMILES string of the molecule is COc1ccccc1-c1c2c([n+](-c3ccccc3)c3c1C(=O)CC(C)(C)C3)CC(C)(C)CC2=O.[Cl-]. The van der Waals surface area contributed by atoms with Crippen molar-refractivity contribution in [2.24, 2.45) is 10.8 Å². The van der Waals surface area contributed by atoms with Crippen LogP contribution in [0.25, 0.3) is 16.8 Å². The first-order valence-electron chi connectivity index (χ1n) is 12.0. The van der Waals surface area contributed by atoms with Gasteiger partial charge in [0.1, 0.15) is 5.75 Å². The highest BCUT2D eigenvalue weighted by molar-refractivity contribution is 6.12. The minimum absolute atomic E-state index is 0. The maximum atomic E-state index is 13.8. The van der Waals surface area contributed by atoms with Crippen molar-refractivity contribution < 1.29 is 31.3 Å². The first-order chi connectivity index (χ1) is 16.1. The number of benzene rings is 2. The number of carbonyl (C=O) groups is 2. The van der Waals surface area contributed by atoms with Crippen molar-refractivity contribution in [2.45, 2.75) is 53.4 Å². The molecule has 0 atom stereocenters. The normalized spacial score (nSPS) is 17.7. The van der Waals surface area contributed by atoms with Gasteiger partial charge in [-0.3, -0.25) is 9.59 Å². The fraction of sp³-hybridized carbons (Fsp3) is 0.367. The van der Waals surface area contributed by atoms with Gasteiger partial charge in [-0.15, -0.1) is 0 Å². The zero-order chi connectivity index (χ0) is 24.3. The molecule has 0 spiro atoms. The van der Waals surface area contributed by atoms with E-state index in [4.69, 9.17) is 4.74 Å². The predicted molar refractivity (Wildman–Crippen MR) is 133 cm³/mol. The molecule has 2 aromatic carbocycles. The first-order valence-corrected chi connectivity index (χ1v) is 12.0. The number of Topliss-reactive ketones (excluding diaryl/α,β-unsaturated/α-hetero) is 2. The molecule has 5 heteroatoms. The summed E-state index contributed by atoms with van der Waals surface area (Å²) in [5, 5.41) is 0. The number of rotatable bonds is 3. The van der Waals surface area contributed by atoms with Gasteiger partial charge in [-0.2, -0.15) is 4.57 Å². The smallest absolute Gasteiger partial charge is 0.211 e. The summed E-state index contributed by atoms with van der Waals surface area (Å²) in [6, 6.07) is 17.9. The van der Waals surface area contributed by atoms with Crippen LogP contribution >= 0.6 is 0 Å². The molecule has 0 bridgehead atoms. The molecule has 0 radical (unpaired) electrons. The van der Waals surface area contributed by atoms with E-state index in [1.807, 2.05) is 42.5 Å². The van der Waals surface area contributed by atoms with Crippen LogP contribution in [0.5, 0.6) is 5.75 Å². The molecule has 2 aliphatic rings. The van der Waals surface area contributed by atoms with E-state index < -0.39 is 0 Å². The quantitative estimate of drug-likeness (QED) is 0.531. The van der Waals surface area contributed by atoms with Gasteiger partial charge < -0.3 is 17.1 Å². The monoisotopic (exact) mass is 489 g/mol. The molecular weight excluding hydrogens is 458 g/mol. The van der Waals surface area contributed by atoms with Gasteiger partial charge >= 0.3 is 0 Å². The molecule has 35 heavy (non-hydrogen) atoms. The van der Waals surface area contributed by atoms with Crippen molar-refractivity contribution in [3.8, 4) is 22.6 Å². The highest BCUT2D eigenvalue weighted by Gasteiger charge is 2.47. The molecule has 182 valence electrons. The highest BCUT2D eigenvalue weighted by atomic mass is 35.5. The predicted octanol–water partition coefficient (Wildman–Crippen LogP) is 2.95. The Morgan fingerprint density at radius 1 is 0.686 bits per heavy atom. The van der Waals surface area contributed by atoms with Crippen molar-refractivity contribution in [2.75, 3.05) is 7.11 Å². The van der Waals surface area contributed by atoms with E-state index >= 15 is 0 Å². The maximum Gasteiger partial charge on any atom is 0.211 e. The topological polar surface area (TPSA) is 47.2 Å². The van der Waals surface area contributed by atoms with Crippen LogP contribution in [0.1, 0.15) is 72.6 Å². The van der Waals surface area contributed by atoms with Crippen molar-refractivity contribution in [3.05, 3.63) is 77.1 Å². The van der Waals surface area contributed by atoms with Crippen LogP contribution in [-0.2, 0) is 12.8 Å². The van der Waals surface area contributed by atoms with E-state index in [2.05, 4.69) is 44.4 Å². The lowest BCUT2D eigenvalue weighted by Gasteiger charge is -2.35. The van der Waals surface area contributed by atoms with Crippen LogP contribution in [0.3, 0.4) is 0 Å². The molecule has 0 N–H and O–H groups in total. The summed E-state index contributed by atoms with van der Waals surface area (Å²) in [6.45, 7) is 8.61. The molecule has 0 fully saturated rings. The fourth-order valence-corrected chi connectivity index (χ4v) is 5.82. The van der Waals surface area contributed by atoms with Gasteiger partial charge in [0, 0.05) is 48.9 Å². The Labute approximate surface area is 213 Å². The van der Waals surface area contributed by atoms with E-state index in [0.29, 0.717) is 29.7 Å². The number of para-hydroxylation sites is 2. The summed E-state index contributed by atoms with van der Waals surface area (Å²) >= 11 is 0. The number of pyridine rings is 1. The molecule has 4 nitrogen and oxygen atoms in total. The van der Waals surface area contributed by atoms with E-state index in [1.54, 1.807) is 7.11 Å². The molecule has 0 unspecified atom stereocenters. The zero-order valence-electron chi connectivity index (χ0n) is 21.1. The second-order valence-electron chi connectivity index (χ2n) is 11.3. The number of methoxy groups -OCH3 is 1. The third-order valence-electron chi connectivity index (χ3n) is 7.14. The first kappa shape index (κ1) is 25.1. The second kappa shape index (κ2) is 8.91. The Morgan fingerprint density at radius 3 is 1.69 bits per heavy atom. The molecule has 0 amide bonds. The minimum atomic E-state index is -0.166. The van der Waals surface area contributed by atoms with Crippen molar-refractivity contribution in [3.63, 3.8) is 0 Å². The van der Waals surface area contributed by atoms with Gasteiger partial charge in [0.15, 0.2) is 23.0 Å². The van der Waals surface area contributed by atoms with Crippen LogP contribution in [0.2, 0.25) is 0 Å². The molecule has 1 heterocycles. The Bertz CT molecular complexity index is 1270. The van der Waals surface area contributed by atoms with Crippen LogP contribution < -0.4 is 21.7 Å². The molecule has 0 saturated carbocycles. The van der Waals surface area contributed by atoms with E-state index in [-0.39, 0.29) is 34.8 Å². The zero-order valence-corrected chi connectivity index (χ0v) is 21.8. The summed E-state index contributed by atoms with van der Waals surface area (Å²) in [6.07, 6.45) is 2.42. The maximum absolute atomic E-state index is 13.8. The number of aromatic nitrogens is 1. The van der Waals surface area contributed by atoms with Crippen LogP contribution in [-0.4, -0.2) is 18.7 Å². The number of hydrogen-bond acceptors (Lipinski definition) is 3. The van der Waals surface area contributed by atoms with Crippen LogP contribution in [0.15, 0.2) is 54.6 Å². The molecule has 0 saturated heterocycles. The van der Waals surface area contributed by atoms with Gasteiger partial charge in [0.25, 0.3) is 0 Å². The number of carbonyl (C=O) groups excluding carboxylic acids is 2. The van der Waals surface area contributed by atoms with Crippen molar-refractivity contribution in [1.82, 2.24) is 0 Å². The van der Waals surface area contributed by atoms with E-state index in [0.717, 1.165) is 41.0 Å². The number of nitrogens with zero attached hydrogens (tertiary/aromatic N) is 1. The van der Waals surface area contributed by atoms with Gasteiger partial charge in [-0.05, 0) is 16.9 Å². The fourth-order valence-electron chi connectivity index (χ4n) is 5.82. The van der Waals surface area contributed by atoms with Crippen LogP contribution in [0.4, 0.5) is 0 Å². The largest absolute Gasteiger partial charge is 1.00 e. The summed E-state index contributed by atoms with van der Waals surface area (Å²) in [5.74, 6) is 0.870. The van der Waals surface area contributed by atoms with Gasteiger partial charge in [0.05, 0.1) is 18.2 Å². The molecule has 5 rings (SSSR count). The average Bonchev–Trinajstić information content (AvgIpc) is 2.76. The Morgan fingerprint density at radius 2 is 1.17 bits per heavy atom. The average molecular weight is 490 g/mol. The van der Waals surface area contributed by atoms with E-state index in [1.165, 1.54) is 0 Å². The molecule has 1 aromatic heterocycles. The Hall–Kier alpha value is -2.98. The van der Waals surface area contributed by atoms with Crippen LogP contribution in [0, 0.1) is 10.8 Å². The third-order valence-corrected chi connectivity index (χ3v) is 7.14. The van der Waals surface area contributed by atoms with Crippen molar-refractivity contribution in [1.29, 1.82) is 0 Å². The number of fused-ring (bicyclic) bond motifs is 2. The lowest BCUT2D eigenvalue weighted by atomic mass is 9.69. The minimum Gasteiger partial charge on any atom is -1.00 e. The summed E-state index contributed by atoms with van der Waals surface area (Å²) in [4.78, 5) is 27.7. The summed E-state index contributed by atoms with van der Waals surface area (Å²) in [7, 11) is 1.64. The lowest BCUT2D eigenvalue weighted by molar-refractivity contribution is -0.615. The summed E-state index contributed by atoms with van der Waals surface area (Å²) < 4.78 is 7.94. The standard InChI is InChI=1S/C30H32NO3.ClH/c1-29(2)15-21-27(23(32)17-29)26(20-13-9-10-14-25(20)34-5)28-22(16-30(3,4)18-24(28)33)31(21)19-11-7-6-8-12-19;/h6-14H,15-18H2,1-5H3;1H/q+1;/p-1. The summed E-state index contributed by atoms with van der Waals surface area (Å²) in [5.41, 5.74) is 5.60. The number of hydrogen-bond donors (Lipinski definition) is 0. The molecule has 2 aliphatic carbocycles. The lowest BCUT2D eigenvalue weighted by Crippen LogP contribution is -3.00. The third kappa shape index (κ3) is 4.29. The molecular formula is C30H32ClNO3. The second-order valence-corrected chi connectivity index (χ2v) is 11.3. The van der Waals surface area contributed by atoms with Gasteiger partial charge in [-0.25, -0.2) is 0 Å². The van der Waals surface area contributed by atoms with Gasteiger partial charge in [0.2, 0.25) is 5.69 Å².